The summed E-state index contributed by atoms with van der Waals surface area (Å²) in [5.74, 6) is -1.13. The molecule has 1 unspecified atom stereocenters. The van der Waals surface area contributed by atoms with Crippen molar-refractivity contribution in [2.24, 2.45) is 11.8 Å². The largest absolute Gasteiger partial charge is 0.416 e. The molecule has 0 N–H and O–H groups in total. The fourth-order valence-corrected chi connectivity index (χ4v) is 5.91. The molecule has 1 saturated heterocycles. The number of ether oxygens (including phenoxy) is 2. The van der Waals surface area contributed by atoms with Crippen molar-refractivity contribution in [3.8, 4) is 0 Å². The first kappa shape index (κ1) is 27.8. The highest BCUT2D eigenvalue weighted by Gasteiger charge is 2.47. The van der Waals surface area contributed by atoms with Gasteiger partial charge in [-0.2, -0.15) is 0 Å². The molecule has 4 atom stereocenters. The van der Waals surface area contributed by atoms with Gasteiger partial charge in [-0.25, -0.2) is 0 Å². The van der Waals surface area contributed by atoms with Crippen LogP contribution in [0.15, 0.2) is 0 Å². The molecule has 0 bridgehead atoms. The SMILES string of the molecule is COP(=O)(CC(=O)C[C@H]1C(=O)C[C@@H](OC2CCCCO2)[C@@H]1CO[Si](C)(C)C(C)(C)C)OC. The van der Waals surface area contributed by atoms with E-state index in [0.29, 0.717) is 13.2 Å². The summed E-state index contributed by atoms with van der Waals surface area (Å²) in [5, 5.41) is 0.0212. The highest BCUT2D eigenvalue weighted by molar-refractivity contribution is 7.54. The first-order valence-electron chi connectivity index (χ1n) is 11.5. The van der Waals surface area contributed by atoms with Crippen molar-refractivity contribution in [3.05, 3.63) is 0 Å². The lowest BCUT2D eigenvalue weighted by Gasteiger charge is -2.38. The number of hydrogen-bond acceptors (Lipinski definition) is 8. The Morgan fingerprint density at radius 3 is 2.38 bits per heavy atom. The maximum Gasteiger partial charge on any atom is 0.337 e. The number of ketones is 2. The predicted octanol–water partition coefficient (Wildman–Crippen LogP) is 4.57. The molecular weight excluding hydrogens is 451 g/mol. The minimum atomic E-state index is -3.48. The van der Waals surface area contributed by atoms with Crippen molar-refractivity contribution in [3.63, 3.8) is 0 Å². The van der Waals surface area contributed by atoms with Gasteiger partial charge in [-0.05, 0) is 37.4 Å². The first-order valence-corrected chi connectivity index (χ1v) is 16.1. The van der Waals surface area contributed by atoms with Crippen LogP contribution in [-0.4, -0.2) is 65.9 Å². The third-order valence-electron chi connectivity index (χ3n) is 7.09. The fourth-order valence-electron chi connectivity index (χ4n) is 3.90. The van der Waals surface area contributed by atoms with Gasteiger partial charge in [-0.1, -0.05) is 20.8 Å². The van der Waals surface area contributed by atoms with Crippen molar-refractivity contribution in [2.75, 3.05) is 33.6 Å². The molecule has 1 saturated carbocycles. The van der Waals surface area contributed by atoms with Gasteiger partial charge in [0.1, 0.15) is 17.7 Å². The Kier molecular flexibility index (Phi) is 9.86. The summed E-state index contributed by atoms with van der Waals surface area (Å²) in [7, 11) is -3.04. The van der Waals surface area contributed by atoms with Crippen molar-refractivity contribution >= 4 is 27.5 Å². The van der Waals surface area contributed by atoms with E-state index in [2.05, 4.69) is 33.9 Å². The van der Waals surface area contributed by atoms with E-state index < -0.39 is 21.8 Å². The zero-order valence-electron chi connectivity index (χ0n) is 20.7. The van der Waals surface area contributed by atoms with Crippen LogP contribution in [0.25, 0.3) is 0 Å². The molecule has 0 aromatic rings. The van der Waals surface area contributed by atoms with Gasteiger partial charge >= 0.3 is 7.60 Å². The standard InChI is InChI=1S/C22H41O8PSi/c1-22(2,3)32(6,7)29-14-18-17(12-16(23)15-31(25,26-4)27-5)19(24)13-20(18)30-21-10-8-9-11-28-21/h17-18,20-21H,8-15H2,1-7H3/t17-,18-,20-,21?/m1/s1. The zero-order chi connectivity index (χ0) is 24.2. The summed E-state index contributed by atoms with van der Waals surface area (Å²) in [6, 6.07) is 0. The maximum absolute atomic E-state index is 12.9. The second-order valence-corrected chi connectivity index (χ2v) is 17.4. The molecule has 2 rings (SSSR count). The quantitative estimate of drug-likeness (QED) is 0.306. The second kappa shape index (κ2) is 11.3. The van der Waals surface area contributed by atoms with Crippen molar-refractivity contribution in [1.82, 2.24) is 0 Å². The Morgan fingerprint density at radius 2 is 1.84 bits per heavy atom. The van der Waals surface area contributed by atoms with Gasteiger partial charge in [-0.15, -0.1) is 0 Å². The van der Waals surface area contributed by atoms with E-state index >= 15 is 0 Å². The summed E-state index contributed by atoms with van der Waals surface area (Å²) < 4.78 is 40.6. The van der Waals surface area contributed by atoms with Gasteiger partial charge in [0.05, 0.1) is 6.10 Å². The van der Waals surface area contributed by atoms with E-state index in [1.807, 2.05) is 0 Å². The Hall–Kier alpha value is -0.413. The molecule has 0 amide bonds. The highest BCUT2D eigenvalue weighted by atomic mass is 31.2. The van der Waals surface area contributed by atoms with Gasteiger partial charge in [0.2, 0.25) is 0 Å². The lowest BCUT2D eigenvalue weighted by molar-refractivity contribution is -0.197. The topological polar surface area (TPSA) is 97.4 Å². The van der Waals surface area contributed by atoms with E-state index in [9.17, 15) is 14.2 Å². The average Bonchev–Trinajstić information content (AvgIpc) is 3.00. The van der Waals surface area contributed by atoms with Crippen LogP contribution in [0.2, 0.25) is 18.1 Å². The summed E-state index contributed by atoms with van der Waals surface area (Å²) in [4.78, 5) is 25.6. The molecule has 2 fully saturated rings. The van der Waals surface area contributed by atoms with Gasteiger partial charge < -0.3 is 22.9 Å². The zero-order valence-corrected chi connectivity index (χ0v) is 22.6. The molecule has 1 aliphatic heterocycles. The number of carbonyl (C=O) groups excluding carboxylic acids is 2. The molecule has 0 aromatic carbocycles. The van der Waals surface area contributed by atoms with E-state index in [-0.39, 0.29) is 53.9 Å². The minimum Gasteiger partial charge on any atom is -0.416 e. The highest BCUT2D eigenvalue weighted by Crippen LogP contribution is 2.47. The molecule has 0 aromatic heterocycles. The number of carbonyl (C=O) groups is 2. The van der Waals surface area contributed by atoms with E-state index in [1.165, 1.54) is 14.2 Å². The molecule has 186 valence electrons. The van der Waals surface area contributed by atoms with Gasteiger partial charge in [0, 0.05) is 52.1 Å². The molecule has 8 nitrogen and oxygen atoms in total. The third kappa shape index (κ3) is 7.29. The summed E-state index contributed by atoms with van der Waals surface area (Å²) in [5.41, 5.74) is 0. The Bertz CT molecular complexity index is 691. The molecular formula is C22H41O8PSi. The van der Waals surface area contributed by atoms with E-state index in [0.717, 1.165) is 19.3 Å². The van der Waals surface area contributed by atoms with Crippen molar-refractivity contribution in [2.45, 2.75) is 83.4 Å². The monoisotopic (exact) mass is 492 g/mol. The predicted molar refractivity (Wildman–Crippen MR) is 124 cm³/mol. The number of rotatable bonds is 11. The summed E-state index contributed by atoms with van der Waals surface area (Å²) in [6.07, 6.45) is 2.02. The molecule has 0 radical (unpaired) electrons. The lowest BCUT2D eigenvalue weighted by Crippen LogP contribution is -2.44. The minimum absolute atomic E-state index is 0.0207. The van der Waals surface area contributed by atoms with Crippen molar-refractivity contribution in [1.29, 1.82) is 0 Å². The molecule has 10 heteroatoms. The van der Waals surface area contributed by atoms with Crippen LogP contribution in [0.1, 0.15) is 52.9 Å². The molecule has 1 aliphatic carbocycles. The Balaban J connectivity index is 2.16. The summed E-state index contributed by atoms with van der Waals surface area (Å²) in [6.45, 7) is 11.8. The van der Waals surface area contributed by atoms with E-state index in [4.69, 9.17) is 22.9 Å². The van der Waals surface area contributed by atoms with Crippen molar-refractivity contribution < 1.29 is 37.1 Å². The molecule has 1 heterocycles. The van der Waals surface area contributed by atoms with Crippen LogP contribution < -0.4 is 0 Å². The van der Waals surface area contributed by atoms with Gasteiger partial charge in [0.15, 0.2) is 14.6 Å². The van der Waals surface area contributed by atoms with Crippen LogP contribution in [0.5, 0.6) is 0 Å². The van der Waals surface area contributed by atoms with Crippen LogP contribution in [0.4, 0.5) is 0 Å². The Morgan fingerprint density at radius 1 is 1.19 bits per heavy atom. The first-order chi connectivity index (χ1) is 14.8. The lowest BCUT2D eigenvalue weighted by atomic mass is 9.90. The van der Waals surface area contributed by atoms with Crippen LogP contribution in [0, 0.1) is 11.8 Å². The maximum atomic E-state index is 12.9. The van der Waals surface area contributed by atoms with Gasteiger partial charge in [0.25, 0.3) is 0 Å². The number of Topliss-reactive ketones (excluding diaryl/α,β-unsaturated/α-hetero) is 2. The van der Waals surface area contributed by atoms with Crippen LogP contribution in [0.3, 0.4) is 0 Å². The summed E-state index contributed by atoms with van der Waals surface area (Å²) >= 11 is 0. The fraction of sp³-hybridized carbons (Fsp3) is 0.909. The Labute approximate surface area is 193 Å². The van der Waals surface area contributed by atoms with Crippen LogP contribution in [-0.2, 0) is 37.1 Å². The average molecular weight is 493 g/mol. The van der Waals surface area contributed by atoms with Crippen LogP contribution >= 0.6 is 7.60 Å². The molecule has 2 aliphatic rings. The molecule has 0 spiro atoms. The second-order valence-electron chi connectivity index (χ2n) is 10.4. The normalized spacial score (nSPS) is 27.7. The third-order valence-corrected chi connectivity index (χ3v) is 13.4. The molecule has 32 heavy (non-hydrogen) atoms. The van der Waals surface area contributed by atoms with E-state index in [1.54, 1.807) is 0 Å². The van der Waals surface area contributed by atoms with Gasteiger partial charge in [-0.3, -0.25) is 14.2 Å². The number of hydrogen-bond donors (Lipinski definition) is 0. The smallest absolute Gasteiger partial charge is 0.337 e.